The maximum Gasteiger partial charge on any atom is 0.408 e. The largest absolute Gasteiger partial charge is 0.480 e. The number of aliphatic hydroxyl groups is 2. The Hall–Kier alpha value is -6.51. The van der Waals surface area contributed by atoms with Crippen LogP contribution in [0.25, 0.3) is 0 Å². The number of likely N-dealkylation sites (tertiary alicyclic amines) is 2. The molecule has 0 aromatic heterocycles. The Morgan fingerprint density at radius 2 is 0.869 bits per heavy atom. The summed E-state index contributed by atoms with van der Waals surface area (Å²) >= 11 is 0. The summed E-state index contributed by atoms with van der Waals surface area (Å²) in [7, 11) is 0. The van der Waals surface area contributed by atoms with Gasteiger partial charge < -0.3 is 81.9 Å². The van der Waals surface area contributed by atoms with E-state index in [0.29, 0.717) is 38.5 Å². The number of amides is 10. The van der Waals surface area contributed by atoms with Gasteiger partial charge in [-0.05, 0) is 165 Å². The van der Waals surface area contributed by atoms with Crippen LogP contribution in [0.1, 0.15) is 181 Å². The van der Waals surface area contributed by atoms with E-state index < -0.39 is 143 Å². The van der Waals surface area contributed by atoms with Gasteiger partial charge >= 0.3 is 24.2 Å². The molecule has 2 fully saturated rings. The number of alkyl carbamates (subject to hydrolysis) is 3. The molecule has 2 saturated heterocycles. The average molecular weight is 1200 g/mol. The first-order chi connectivity index (χ1) is 38.8. The molecule has 10 atom stereocenters. The van der Waals surface area contributed by atoms with Gasteiger partial charge in [-0.25, -0.2) is 19.2 Å². The molecule has 0 aromatic rings. The molecule has 27 nitrogen and oxygen atoms in total. The summed E-state index contributed by atoms with van der Waals surface area (Å²) in [5.74, 6) is -7.24. The molecule has 0 bridgehead atoms. The minimum Gasteiger partial charge on any atom is -0.480 e. The summed E-state index contributed by atoms with van der Waals surface area (Å²) in [5.41, 5.74) is -2.34. The number of carbonyl (C=O) groups is 11. The normalized spacial score (nSPS) is 18.4. The summed E-state index contributed by atoms with van der Waals surface area (Å²) < 4.78 is 15.8. The van der Waals surface area contributed by atoms with Gasteiger partial charge in [0.2, 0.25) is 41.4 Å². The third kappa shape index (κ3) is 27.0. The van der Waals surface area contributed by atoms with E-state index in [1.165, 1.54) is 23.6 Å². The molecule has 27 heteroatoms. The van der Waals surface area contributed by atoms with E-state index >= 15 is 0 Å². The van der Waals surface area contributed by atoms with Crippen LogP contribution < -0.4 is 42.5 Å². The SMILES string of the molecule is CC(C)C[C@H](NC(=O)C(NC(=O)[C@H](CCCCNC(=O)OC(C)(C)C)NC(=O)OC(C)(C)C)[C@H](C)O)C(=O)N[C@H](CC(C)C)C(=O)N1CCC[C@@H]1C(=O)N[C@H](C(=O)N1CCC[C@H]1C(=O)N[C@H](CCCCNC(=O)OC(C)(C)C)C(=O)O)C(C)O. The second kappa shape index (κ2) is 33.8. The van der Waals surface area contributed by atoms with Crippen LogP contribution in [0.4, 0.5) is 14.4 Å². The van der Waals surface area contributed by atoms with Gasteiger partial charge in [0.25, 0.3) is 0 Å². The monoisotopic (exact) mass is 1200 g/mol. The van der Waals surface area contributed by atoms with Crippen molar-refractivity contribution in [3.05, 3.63) is 0 Å². The minimum absolute atomic E-state index is 0.0191. The summed E-state index contributed by atoms with van der Waals surface area (Å²) in [6.45, 7) is 25.5. The van der Waals surface area contributed by atoms with E-state index in [2.05, 4.69) is 42.5 Å². The zero-order valence-corrected chi connectivity index (χ0v) is 52.2. The molecular formula is C57H100N10O17. The fourth-order valence-corrected chi connectivity index (χ4v) is 9.41. The molecule has 2 aliphatic heterocycles. The Morgan fingerprint density at radius 3 is 1.31 bits per heavy atom. The number of hydrogen-bond acceptors (Lipinski definition) is 16. The Bertz CT molecular complexity index is 2240. The Balaban J connectivity index is 2.25. The number of rotatable bonds is 30. The quantitative estimate of drug-likeness (QED) is 0.0364. The second-order valence-corrected chi connectivity index (χ2v) is 25.7. The lowest BCUT2D eigenvalue weighted by Crippen LogP contribution is -2.62. The predicted molar refractivity (Wildman–Crippen MR) is 308 cm³/mol. The van der Waals surface area contributed by atoms with Crippen LogP contribution in [-0.4, -0.2) is 194 Å². The number of nitrogens with one attached hydrogen (secondary N) is 8. The Morgan fingerprint density at radius 1 is 0.464 bits per heavy atom. The van der Waals surface area contributed by atoms with Crippen molar-refractivity contribution in [1.82, 2.24) is 52.3 Å². The third-order valence-electron chi connectivity index (χ3n) is 13.2. The van der Waals surface area contributed by atoms with Gasteiger partial charge in [0.05, 0.1) is 12.2 Å². The average Bonchev–Trinajstić information content (AvgIpc) is 4.27. The molecule has 11 N–H and O–H groups in total. The van der Waals surface area contributed by atoms with Crippen molar-refractivity contribution in [1.29, 1.82) is 0 Å². The number of aliphatic carboxylic acids is 1. The topological polar surface area (TPSA) is 379 Å². The number of nitrogens with zero attached hydrogens (tertiary/aromatic N) is 2. The van der Waals surface area contributed by atoms with Gasteiger partial charge in [0, 0.05) is 26.2 Å². The van der Waals surface area contributed by atoms with Gasteiger partial charge in [-0.15, -0.1) is 0 Å². The zero-order valence-electron chi connectivity index (χ0n) is 52.2. The van der Waals surface area contributed by atoms with E-state index in [9.17, 15) is 68.1 Å². The molecule has 2 unspecified atom stereocenters. The minimum atomic E-state index is -1.65. The van der Waals surface area contributed by atoms with Crippen LogP contribution in [0.2, 0.25) is 0 Å². The lowest BCUT2D eigenvalue weighted by molar-refractivity contribution is -0.147. The first-order valence-corrected chi connectivity index (χ1v) is 29.5. The number of hydrogen-bond donors (Lipinski definition) is 11. The van der Waals surface area contributed by atoms with Crippen molar-refractivity contribution in [2.75, 3.05) is 26.2 Å². The van der Waals surface area contributed by atoms with Crippen LogP contribution in [0.5, 0.6) is 0 Å². The highest BCUT2D eigenvalue weighted by molar-refractivity contribution is 5.98. The number of carbonyl (C=O) groups excluding carboxylic acids is 10. The van der Waals surface area contributed by atoms with Crippen molar-refractivity contribution < 1.29 is 82.3 Å². The van der Waals surface area contributed by atoms with E-state index in [0.717, 1.165) is 0 Å². The van der Waals surface area contributed by atoms with Crippen molar-refractivity contribution in [3.8, 4) is 0 Å². The maximum absolute atomic E-state index is 14.6. The summed E-state index contributed by atoms with van der Waals surface area (Å²) in [6, 6.07) is -10.6. The molecule has 2 heterocycles. The van der Waals surface area contributed by atoms with Crippen molar-refractivity contribution in [3.63, 3.8) is 0 Å². The molecule has 2 aliphatic rings. The molecule has 0 spiro atoms. The van der Waals surface area contributed by atoms with Gasteiger partial charge in [-0.2, -0.15) is 0 Å². The maximum atomic E-state index is 14.6. The van der Waals surface area contributed by atoms with Crippen molar-refractivity contribution >= 4 is 65.6 Å². The van der Waals surface area contributed by atoms with Crippen molar-refractivity contribution in [2.45, 2.75) is 258 Å². The van der Waals surface area contributed by atoms with Crippen LogP contribution in [0, 0.1) is 11.8 Å². The summed E-state index contributed by atoms with van der Waals surface area (Å²) in [4.78, 5) is 151. The first-order valence-electron chi connectivity index (χ1n) is 29.5. The lowest BCUT2D eigenvalue weighted by Gasteiger charge is -2.33. The number of carboxylic acid groups (broad SMARTS) is 1. The highest BCUT2D eigenvalue weighted by Crippen LogP contribution is 2.24. The lowest BCUT2D eigenvalue weighted by atomic mass is 9.99. The van der Waals surface area contributed by atoms with Gasteiger partial charge in [0.15, 0.2) is 0 Å². The zero-order chi connectivity index (χ0) is 64.0. The molecule has 2 rings (SSSR count). The standard InChI is InChI=1S/C57H100N10O17/c1-32(2)30-38(61-48(74)42(34(5)68)64-44(70)36(63-54(81)84-57(13,14)15)22-16-18-26-58-52(79)82-55(7,8)9)45(71)62-39(31-33(3)4)49(75)66-28-20-25-41(66)47(73)65-43(35(6)69)50(76)67-29-21-24-40(67)46(72)60-37(51(77)78)23-17-19-27-59-53(80)83-56(10,11)12/h32-43,68-69H,16-31H2,1-15H3,(H,58,79)(H,59,80)(H,60,72)(H,61,74)(H,62,71)(H,63,81)(H,64,70)(H,65,73)(H,77,78)/t34-,35?,36-,37+,38-,39+,40-,41+,42?,43-/m0/s1. The van der Waals surface area contributed by atoms with Crippen molar-refractivity contribution in [2.24, 2.45) is 11.8 Å². The smallest absolute Gasteiger partial charge is 0.408 e. The fourth-order valence-electron chi connectivity index (χ4n) is 9.41. The van der Waals surface area contributed by atoms with E-state index in [1.807, 2.05) is 13.8 Å². The van der Waals surface area contributed by atoms with Crippen LogP contribution in [0.3, 0.4) is 0 Å². The van der Waals surface area contributed by atoms with E-state index in [4.69, 9.17) is 14.2 Å². The Labute approximate surface area is 495 Å². The van der Waals surface area contributed by atoms with E-state index in [1.54, 1.807) is 76.2 Å². The molecule has 0 radical (unpaired) electrons. The number of unbranched alkanes of at least 4 members (excludes halogenated alkanes) is 2. The van der Waals surface area contributed by atoms with Crippen LogP contribution in [-0.2, 0) is 52.6 Å². The predicted octanol–water partition coefficient (Wildman–Crippen LogP) is 2.61. The number of ether oxygens (including phenoxy) is 3. The molecular weight excluding hydrogens is 1100 g/mol. The molecule has 0 aliphatic carbocycles. The molecule has 0 saturated carbocycles. The fraction of sp³-hybridized carbons (Fsp3) is 0.807. The highest BCUT2D eigenvalue weighted by atomic mass is 16.6. The van der Waals surface area contributed by atoms with Gasteiger partial charge in [-0.3, -0.25) is 33.6 Å². The number of aliphatic hydroxyl groups excluding tert-OH is 2. The van der Waals surface area contributed by atoms with Gasteiger partial charge in [-0.1, -0.05) is 27.7 Å². The summed E-state index contributed by atoms with van der Waals surface area (Å²) in [6.07, 6.45) is -2.58. The highest BCUT2D eigenvalue weighted by Gasteiger charge is 2.44. The second-order valence-electron chi connectivity index (χ2n) is 25.7. The van der Waals surface area contributed by atoms with E-state index in [-0.39, 0.29) is 76.5 Å². The Kier molecular flexibility index (Phi) is 29.6. The summed E-state index contributed by atoms with van der Waals surface area (Å²) in [5, 5.41) is 52.5. The molecule has 10 amide bonds. The third-order valence-corrected chi connectivity index (χ3v) is 13.2. The molecule has 84 heavy (non-hydrogen) atoms. The molecule has 480 valence electrons. The molecule has 0 aromatic carbocycles. The first kappa shape index (κ1) is 73.6. The van der Waals surface area contributed by atoms with Crippen LogP contribution >= 0.6 is 0 Å². The number of carboxylic acids is 1. The van der Waals surface area contributed by atoms with Crippen LogP contribution in [0.15, 0.2) is 0 Å². The van der Waals surface area contributed by atoms with Gasteiger partial charge in [0.1, 0.15) is 65.1 Å².